The lowest BCUT2D eigenvalue weighted by Gasteiger charge is -2.41. The van der Waals surface area contributed by atoms with E-state index in [2.05, 4.69) is 0 Å². The standard InChI is InChI=1S/C15H28O11/c1-2-3-23-15(6-18)13(22)12(8(5-17)26-15)25-14-11(21)10(20)9(19)7(4-16)24-14/h7-14,16-22H,2-6H2,1H3/t7-,8-,9+,10+,11-,12-,13+,14+,15-/m1/s1. The Balaban J connectivity index is 2.15. The fourth-order valence-corrected chi connectivity index (χ4v) is 3.06. The molecule has 9 atom stereocenters. The Morgan fingerprint density at radius 1 is 0.923 bits per heavy atom. The Kier molecular flexibility index (Phi) is 7.71. The van der Waals surface area contributed by atoms with Crippen LogP contribution in [-0.2, 0) is 18.9 Å². The van der Waals surface area contributed by atoms with E-state index in [9.17, 15) is 35.7 Å². The van der Waals surface area contributed by atoms with Crippen molar-refractivity contribution in [3.8, 4) is 0 Å². The second kappa shape index (κ2) is 9.17. The van der Waals surface area contributed by atoms with Crippen molar-refractivity contribution < 1.29 is 54.7 Å². The third-order valence-corrected chi connectivity index (χ3v) is 4.57. The molecule has 2 rings (SSSR count). The van der Waals surface area contributed by atoms with Crippen LogP contribution < -0.4 is 0 Å². The molecule has 0 aliphatic carbocycles. The maximum Gasteiger partial charge on any atom is 0.221 e. The zero-order chi connectivity index (χ0) is 19.5. The fourth-order valence-electron chi connectivity index (χ4n) is 3.06. The van der Waals surface area contributed by atoms with Gasteiger partial charge < -0.3 is 54.7 Å². The van der Waals surface area contributed by atoms with Crippen molar-refractivity contribution in [2.45, 2.75) is 68.1 Å². The maximum absolute atomic E-state index is 10.5. The first-order valence-corrected chi connectivity index (χ1v) is 8.52. The van der Waals surface area contributed by atoms with Gasteiger partial charge in [0.25, 0.3) is 0 Å². The Morgan fingerprint density at radius 3 is 2.12 bits per heavy atom. The summed E-state index contributed by atoms with van der Waals surface area (Å²) in [5, 5.41) is 68.5. The zero-order valence-electron chi connectivity index (χ0n) is 14.4. The molecule has 0 aromatic rings. The molecule has 11 heteroatoms. The first-order chi connectivity index (χ1) is 12.3. The van der Waals surface area contributed by atoms with E-state index in [1.54, 1.807) is 0 Å². The van der Waals surface area contributed by atoms with Gasteiger partial charge >= 0.3 is 0 Å². The molecule has 154 valence electrons. The van der Waals surface area contributed by atoms with Crippen molar-refractivity contribution in [2.24, 2.45) is 0 Å². The van der Waals surface area contributed by atoms with E-state index in [1.807, 2.05) is 6.92 Å². The van der Waals surface area contributed by atoms with E-state index in [0.29, 0.717) is 6.42 Å². The van der Waals surface area contributed by atoms with E-state index in [4.69, 9.17) is 18.9 Å². The monoisotopic (exact) mass is 384 g/mol. The van der Waals surface area contributed by atoms with Gasteiger partial charge in [-0.15, -0.1) is 0 Å². The van der Waals surface area contributed by atoms with Crippen molar-refractivity contribution in [1.29, 1.82) is 0 Å². The number of hydrogen-bond donors (Lipinski definition) is 7. The third-order valence-electron chi connectivity index (χ3n) is 4.57. The fraction of sp³-hybridized carbons (Fsp3) is 1.00. The van der Waals surface area contributed by atoms with Crippen molar-refractivity contribution >= 4 is 0 Å². The van der Waals surface area contributed by atoms with Crippen LogP contribution in [0.2, 0.25) is 0 Å². The third kappa shape index (κ3) is 4.03. The van der Waals surface area contributed by atoms with Gasteiger partial charge in [0.05, 0.1) is 13.2 Å². The van der Waals surface area contributed by atoms with Crippen molar-refractivity contribution in [1.82, 2.24) is 0 Å². The number of rotatable bonds is 8. The molecule has 0 aromatic heterocycles. The first-order valence-electron chi connectivity index (χ1n) is 8.52. The number of aliphatic hydroxyl groups is 7. The molecule has 2 aliphatic heterocycles. The van der Waals surface area contributed by atoms with Gasteiger partial charge in [-0.2, -0.15) is 0 Å². The lowest BCUT2D eigenvalue weighted by Crippen LogP contribution is -2.61. The van der Waals surface area contributed by atoms with E-state index in [0.717, 1.165) is 0 Å². The Morgan fingerprint density at radius 2 is 1.58 bits per heavy atom. The first kappa shape index (κ1) is 21.9. The molecular formula is C15H28O11. The molecule has 0 aromatic carbocycles. The largest absolute Gasteiger partial charge is 0.394 e. The van der Waals surface area contributed by atoms with Gasteiger partial charge in [-0.1, -0.05) is 6.92 Å². The van der Waals surface area contributed by atoms with Crippen LogP contribution in [0.1, 0.15) is 13.3 Å². The Bertz CT molecular complexity index is 436. The predicted octanol–water partition coefficient (Wildman–Crippen LogP) is -3.96. The quantitative estimate of drug-likeness (QED) is 0.217. The minimum atomic E-state index is -1.82. The highest BCUT2D eigenvalue weighted by Gasteiger charge is 2.58. The molecule has 2 aliphatic rings. The number of ether oxygens (including phenoxy) is 4. The summed E-state index contributed by atoms with van der Waals surface area (Å²) in [7, 11) is 0. The molecule has 0 spiro atoms. The normalized spacial score (nSPS) is 46.6. The molecule has 11 nitrogen and oxygen atoms in total. The minimum absolute atomic E-state index is 0.169. The average Bonchev–Trinajstić information content (AvgIpc) is 2.92. The topological polar surface area (TPSA) is 179 Å². The molecule has 0 saturated carbocycles. The van der Waals surface area contributed by atoms with Crippen molar-refractivity contribution in [2.75, 3.05) is 26.4 Å². The number of hydrogen-bond acceptors (Lipinski definition) is 11. The summed E-state index contributed by atoms with van der Waals surface area (Å²) in [6.45, 7) is 0.0497. The van der Waals surface area contributed by atoms with E-state index in [-0.39, 0.29) is 6.61 Å². The highest BCUT2D eigenvalue weighted by Crippen LogP contribution is 2.36. The maximum atomic E-state index is 10.5. The van der Waals surface area contributed by atoms with Crippen LogP contribution in [0.5, 0.6) is 0 Å². The van der Waals surface area contributed by atoms with Gasteiger partial charge in [0.1, 0.15) is 49.3 Å². The van der Waals surface area contributed by atoms with Crippen LogP contribution in [0.25, 0.3) is 0 Å². The zero-order valence-corrected chi connectivity index (χ0v) is 14.4. The number of aliphatic hydroxyl groups excluding tert-OH is 7. The Labute approximate surface area is 150 Å². The lowest BCUT2D eigenvalue weighted by atomic mass is 9.99. The molecule has 0 bridgehead atoms. The lowest BCUT2D eigenvalue weighted by molar-refractivity contribution is -0.319. The van der Waals surface area contributed by atoms with Gasteiger partial charge in [-0.25, -0.2) is 0 Å². The summed E-state index contributed by atoms with van der Waals surface area (Å²) in [5.74, 6) is -1.82. The van der Waals surface area contributed by atoms with Crippen molar-refractivity contribution in [3.05, 3.63) is 0 Å². The molecule has 2 fully saturated rings. The van der Waals surface area contributed by atoms with E-state index >= 15 is 0 Å². The van der Waals surface area contributed by atoms with Crippen LogP contribution in [0.15, 0.2) is 0 Å². The van der Waals surface area contributed by atoms with Gasteiger partial charge in [0.2, 0.25) is 5.79 Å². The molecule has 0 radical (unpaired) electrons. The van der Waals surface area contributed by atoms with Crippen LogP contribution in [0.4, 0.5) is 0 Å². The molecule has 0 amide bonds. The van der Waals surface area contributed by atoms with Gasteiger partial charge in [0.15, 0.2) is 6.29 Å². The van der Waals surface area contributed by atoms with Gasteiger partial charge in [-0.3, -0.25) is 0 Å². The van der Waals surface area contributed by atoms with Gasteiger partial charge in [-0.05, 0) is 6.42 Å². The summed E-state index contributed by atoms with van der Waals surface area (Å²) >= 11 is 0. The van der Waals surface area contributed by atoms with Crippen LogP contribution in [0.3, 0.4) is 0 Å². The van der Waals surface area contributed by atoms with Crippen LogP contribution in [0, 0.1) is 0 Å². The summed E-state index contributed by atoms with van der Waals surface area (Å²) in [4.78, 5) is 0. The summed E-state index contributed by atoms with van der Waals surface area (Å²) in [6.07, 6.45) is -10.9. The molecule has 7 N–H and O–H groups in total. The second-order valence-electron chi connectivity index (χ2n) is 6.40. The molecular weight excluding hydrogens is 356 g/mol. The summed E-state index contributed by atoms with van der Waals surface area (Å²) in [6, 6.07) is 0. The molecule has 2 saturated heterocycles. The molecule has 26 heavy (non-hydrogen) atoms. The SMILES string of the molecule is CCCO[C@]1(CO)O[C@H](CO)[C@@H](O[C@@H]2O[C@H](CO)[C@H](O)[C@H](O)[C@H]2O)[C@@H]1O. The Hall–Kier alpha value is -0.440. The predicted molar refractivity (Wildman–Crippen MR) is 82.7 cm³/mol. The average molecular weight is 384 g/mol. The highest BCUT2D eigenvalue weighted by atomic mass is 16.8. The highest BCUT2D eigenvalue weighted by molar-refractivity contribution is 4.99. The van der Waals surface area contributed by atoms with Gasteiger partial charge in [0, 0.05) is 6.61 Å². The van der Waals surface area contributed by atoms with Crippen LogP contribution >= 0.6 is 0 Å². The summed E-state index contributed by atoms with van der Waals surface area (Å²) in [5.41, 5.74) is 0. The van der Waals surface area contributed by atoms with E-state index in [1.165, 1.54) is 0 Å². The minimum Gasteiger partial charge on any atom is -0.394 e. The smallest absolute Gasteiger partial charge is 0.221 e. The molecule has 0 unspecified atom stereocenters. The second-order valence-corrected chi connectivity index (χ2v) is 6.40. The van der Waals surface area contributed by atoms with E-state index < -0.39 is 74.6 Å². The van der Waals surface area contributed by atoms with Crippen molar-refractivity contribution in [3.63, 3.8) is 0 Å². The van der Waals surface area contributed by atoms with Crippen LogP contribution in [-0.4, -0.2) is 117 Å². The summed E-state index contributed by atoms with van der Waals surface area (Å²) < 4.78 is 21.6. The molecule has 2 heterocycles.